The molecule has 0 saturated heterocycles. The first-order chi connectivity index (χ1) is 9.56. The van der Waals surface area contributed by atoms with Crippen LogP contribution in [-0.4, -0.2) is 15.8 Å². The third-order valence-corrected chi connectivity index (χ3v) is 3.03. The first-order valence-corrected chi connectivity index (χ1v) is 6.48. The highest BCUT2D eigenvalue weighted by atomic mass is 79.9. The van der Waals surface area contributed by atoms with Gasteiger partial charge in [0.15, 0.2) is 0 Å². The number of hydrogen-bond donors (Lipinski definition) is 1. The minimum atomic E-state index is -0.464. The summed E-state index contributed by atoms with van der Waals surface area (Å²) in [6.07, 6.45) is 1.54. The molecule has 1 aromatic heterocycles. The van der Waals surface area contributed by atoms with Crippen molar-refractivity contribution in [2.45, 2.75) is 6.54 Å². The Morgan fingerprint density at radius 3 is 2.50 bits per heavy atom. The van der Waals surface area contributed by atoms with Crippen molar-refractivity contribution in [2.24, 2.45) is 0 Å². The lowest BCUT2D eigenvalue weighted by Crippen LogP contribution is -2.23. The van der Waals surface area contributed by atoms with Crippen LogP contribution in [0.4, 0.5) is 5.69 Å². The number of benzene rings is 1. The second kappa shape index (κ2) is 6.25. The summed E-state index contributed by atoms with van der Waals surface area (Å²) in [7, 11) is 0. The summed E-state index contributed by atoms with van der Waals surface area (Å²) in [6, 6.07) is 9.35. The zero-order valence-electron chi connectivity index (χ0n) is 10.2. The zero-order chi connectivity index (χ0) is 14.5. The van der Waals surface area contributed by atoms with Gasteiger partial charge in [0.05, 0.1) is 4.92 Å². The van der Waals surface area contributed by atoms with E-state index in [4.69, 9.17) is 0 Å². The molecular weight excluding hydrogens is 326 g/mol. The number of pyridine rings is 1. The summed E-state index contributed by atoms with van der Waals surface area (Å²) in [6.45, 7) is 0.286. The maximum absolute atomic E-state index is 11.8. The highest BCUT2D eigenvalue weighted by Crippen LogP contribution is 2.12. The molecule has 0 spiro atoms. The Bertz CT molecular complexity index is 626. The second-order valence-corrected chi connectivity index (χ2v) is 4.88. The fourth-order valence-corrected chi connectivity index (χ4v) is 1.75. The fourth-order valence-electron chi connectivity index (χ4n) is 1.52. The number of nitrogens with zero attached hydrogens (tertiary/aromatic N) is 2. The number of nitro groups is 1. The quantitative estimate of drug-likeness (QED) is 0.687. The first kappa shape index (κ1) is 14.1. The Hall–Kier alpha value is -2.28. The van der Waals surface area contributed by atoms with Gasteiger partial charge in [0.1, 0.15) is 5.69 Å². The molecule has 0 unspecified atom stereocenters. The van der Waals surface area contributed by atoms with E-state index in [0.29, 0.717) is 5.69 Å². The number of nitro benzene ring substituents is 1. The van der Waals surface area contributed by atoms with Crippen LogP contribution < -0.4 is 5.32 Å². The number of amides is 1. The number of nitrogens with one attached hydrogen (secondary N) is 1. The van der Waals surface area contributed by atoms with Crippen LogP contribution in [0.15, 0.2) is 47.1 Å². The van der Waals surface area contributed by atoms with E-state index in [1.807, 2.05) is 0 Å². The molecule has 2 aromatic rings. The van der Waals surface area contributed by atoms with Crippen molar-refractivity contribution in [2.75, 3.05) is 0 Å². The monoisotopic (exact) mass is 335 g/mol. The number of aromatic nitrogens is 1. The van der Waals surface area contributed by atoms with E-state index in [9.17, 15) is 14.9 Å². The van der Waals surface area contributed by atoms with Crippen LogP contribution in [0.25, 0.3) is 0 Å². The summed E-state index contributed by atoms with van der Waals surface area (Å²) in [5, 5.41) is 13.2. The number of hydrogen-bond acceptors (Lipinski definition) is 4. The van der Waals surface area contributed by atoms with Crippen LogP contribution >= 0.6 is 15.9 Å². The summed E-state index contributed by atoms with van der Waals surface area (Å²) in [5.74, 6) is -0.296. The van der Waals surface area contributed by atoms with Crippen LogP contribution in [-0.2, 0) is 6.54 Å². The van der Waals surface area contributed by atoms with Gasteiger partial charge in [0, 0.05) is 29.3 Å². The van der Waals surface area contributed by atoms with Crippen LogP contribution in [0, 0.1) is 10.1 Å². The zero-order valence-corrected chi connectivity index (χ0v) is 11.8. The van der Waals surface area contributed by atoms with Gasteiger partial charge in [-0.25, -0.2) is 4.98 Å². The Labute approximate surface area is 123 Å². The molecule has 0 aliphatic carbocycles. The molecule has 102 valence electrons. The van der Waals surface area contributed by atoms with Crippen molar-refractivity contribution in [3.05, 3.63) is 68.4 Å². The third-order valence-electron chi connectivity index (χ3n) is 2.56. The van der Waals surface area contributed by atoms with Gasteiger partial charge in [0.2, 0.25) is 0 Å². The average Bonchev–Trinajstić information content (AvgIpc) is 2.46. The third kappa shape index (κ3) is 3.61. The molecule has 20 heavy (non-hydrogen) atoms. The normalized spacial score (nSPS) is 10.1. The minimum absolute atomic E-state index is 0.0228. The van der Waals surface area contributed by atoms with E-state index in [1.165, 1.54) is 12.1 Å². The molecule has 1 aromatic carbocycles. The molecule has 0 saturated carbocycles. The van der Waals surface area contributed by atoms with Crippen molar-refractivity contribution in [1.82, 2.24) is 10.3 Å². The number of carbonyl (C=O) groups excluding carboxylic acids is 1. The van der Waals surface area contributed by atoms with Crippen molar-refractivity contribution >= 4 is 27.5 Å². The predicted molar refractivity (Wildman–Crippen MR) is 76.2 cm³/mol. The molecule has 2 rings (SSSR count). The Balaban J connectivity index is 1.96. The molecule has 1 N–H and O–H groups in total. The summed E-state index contributed by atoms with van der Waals surface area (Å²) in [5.41, 5.74) is 1.12. The molecular formula is C13H10BrN3O3. The Kier molecular flexibility index (Phi) is 4.41. The smallest absolute Gasteiger partial charge is 0.270 e. The molecule has 0 fully saturated rings. The molecule has 0 aliphatic heterocycles. The lowest BCUT2D eigenvalue weighted by Gasteiger charge is -2.04. The first-order valence-electron chi connectivity index (χ1n) is 5.69. The van der Waals surface area contributed by atoms with E-state index in [1.54, 1.807) is 30.5 Å². The van der Waals surface area contributed by atoms with Crippen LogP contribution in [0.1, 0.15) is 16.1 Å². The molecule has 0 bridgehead atoms. The van der Waals surface area contributed by atoms with Crippen molar-refractivity contribution in [3.63, 3.8) is 0 Å². The largest absolute Gasteiger partial charge is 0.347 e. The predicted octanol–water partition coefficient (Wildman–Crippen LogP) is 2.68. The summed E-state index contributed by atoms with van der Waals surface area (Å²) < 4.78 is 0.796. The topological polar surface area (TPSA) is 85.1 Å². The number of rotatable bonds is 4. The van der Waals surface area contributed by atoms with E-state index in [2.05, 4.69) is 26.2 Å². The highest BCUT2D eigenvalue weighted by molar-refractivity contribution is 9.10. The van der Waals surface area contributed by atoms with E-state index >= 15 is 0 Å². The summed E-state index contributed by atoms with van der Waals surface area (Å²) in [4.78, 5) is 25.8. The van der Waals surface area contributed by atoms with Gasteiger partial charge in [-0.3, -0.25) is 14.9 Å². The van der Waals surface area contributed by atoms with Crippen LogP contribution in [0.2, 0.25) is 0 Å². The SMILES string of the molecule is O=C(NCc1ccc([N+](=O)[O-])cc1)c1ccc(Br)cn1. The second-order valence-electron chi connectivity index (χ2n) is 3.97. The Morgan fingerprint density at radius 1 is 1.25 bits per heavy atom. The standard InChI is InChI=1S/C13H10BrN3O3/c14-10-3-6-12(15-8-10)13(18)16-7-9-1-4-11(5-2-9)17(19)20/h1-6,8H,7H2,(H,16,18). The highest BCUT2D eigenvalue weighted by Gasteiger charge is 2.08. The lowest BCUT2D eigenvalue weighted by molar-refractivity contribution is -0.384. The van der Waals surface area contributed by atoms with Gasteiger partial charge < -0.3 is 5.32 Å². The van der Waals surface area contributed by atoms with Gasteiger partial charge in [-0.2, -0.15) is 0 Å². The molecule has 7 heteroatoms. The maximum Gasteiger partial charge on any atom is 0.270 e. The van der Waals surface area contributed by atoms with E-state index in [0.717, 1.165) is 10.0 Å². The van der Waals surface area contributed by atoms with E-state index < -0.39 is 4.92 Å². The van der Waals surface area contributed by atoms with Crippen molar-refractivity contribution in [1.29, 1.82) is 0 Å². The van der Waals surface area contributed by atoms with E-state index in [-0.39, 0.29) is 18.1 Å². The van der Waals surface area contributed by atoms with Gasteiger partial charge in [-0.1, -0.05) is 12.1 Å². The maximum atomic E-state index is 11.8. The molecule has 0 radical (unpaired) electrons. The van der Waals surface area contributed by atoms with Crippen molar-refractivity contribution < 1.29 is 9.72 Å². The molecule has 1 amide bonds. The molecule has 6 nitrogen and oxygen atoms in total. The summed E-state index contributed by atoms with van der Waals surface area (Å²) >= 11 is 3.24. The van der Waals surface area contributed by atoms with Crippen molar-refractivity contribution in [3.8, 4) is 0 Å². The Morgan fingerprint density at radius 2 is 1.95 bits per heavy atom. The fraction of sp³-hybridized carbons (Fsp3) is 0.0769. The molecule has 0 atom stereocenters. The molecule has 1 heterocycles. The van der Waals surface area contributed by atoms with Gasteiger partial charge in [-0.15, -0.1) is 0 Å². The van der Waals surface area contributed by atoms with Crippen LogP contribution in [0.5, 0.6) is 0 Å². The number of non-ortho nitro benzene ring substituents is 1. The minimum Gasteiger partial charge on any atom is -0.347 e. The van der Waals surface area contributed by atoms with Gasteiger partial charge in [0.25, 0.3) is 11.6 Å². The number of carbonyl (C=O) groups is 1. The van der Waals surface area contributed by atoms with Crippen LogP contribution in [0.3, 0.4) is 0 Å². The average molecular weight is 336 g/mol. The molecule has 0 aliphatic rings. The van der Waals surface area contributed by atoms with Gasteiger partial charge in [-0.05, 0) is 33.6 Å². The van der Waals surface area contributed by atoms with Gasteiger partial charge >= 0.3 is 0 Å². The lowest BCUT2D eigenvalue weighted by atomic mass is 10.2. The number of halogens is 1.